The molecule has 1 aliphatic rings. The second kappa shape index (κ2) is 12.3. The van der Waals surface area contributed by atoms with E-state index >= 15 is 0 Å². The van der Waals surface area contributed by atoms with Crippen LogP contribution in [0.4, 0.5) is 5.69 Å². The number of nitrogens with zero attached hydrogens (tertiary/aromatic N) is 1. The van der Waals surface area contributed by atoms with E-state index in [4.69, 9.17) is 23.7 Å². The van der Waals surface area contributed by atoms with E-state index in [0.717, 1.165) is 39.2 Å². The summed E-state index contributed by atoms with van der Waals surface area (Å²) < 4.78 is 27.8. The molecule has 7 nitrogen and oxygen atoms in total. The lowest BCUT2D eigenvalue weighted by Crippen LogP contribution is -2.31. The maximum Gasteiger partial charge on any atom is 0.203 e. The summed E-state index contributed by atoms with van der Waals surface area (Å²) in [7, 11) is 8.08. The fraction of sp³-hybridized carbons (Fsp3) is 0.229. The Kier molecular flexibility index (Phi) is 8.38. The van der Waals surface area contributed by atoms with Crippen LogP contribution in [0.15, 0.2) is 78.9 Å². The highest BCUT2D eigenvalue weighted by atomic mass is 16.5. The molecule has 0 aliphatic carbocycles. The van der Waals surface area contributed by atoms with Gasteiger partial charge >= 0.3 is 0 Å². The molecule has 4 aromatic carbocycles. The highest BCUT2D eigenvalue weighted by Gasteiger charge is 2.32. The lowest BCUT2D eigenvalue weighted by molar-refractivity contribution is -0.117. The van der Waals surface area contributed by atoms with E-state index in [2.05, 4.69) is 47.4 Å². The molecule has 0 N–H and O–H groups in total. The summed E-state index contributed by atoms with van der Waals surface area (Å²) in [5.74, 6) is 3.20. The maximum absolute atomic E-state index is 12.6. The Morgan fingerprint density at radius 2 is 1.31 bits per heavy atom. The zero-order valence-corrected chi connectivity index (χ0v) is 24.8. The number of ether oxygens (including phenoxy) is 5. The summed E-state index contributed by atoms with van der Waals surface area (Å²) in [5.41, 5.74) is 6.88. The number of carbonyl (C=O) groups is 1. The quantitative estimate of drug-likeness (QED) is 0.198. The molecule has 0 amide bonds. The highest BCUT2D eigenvalue weighted by molar-refractivity contribution is 5.95. The van der Waals surface area contributed by atoms with Crippen LogP contribution in [0.1, 0.15) is 36.1 Å². The Morgan fingerprint density at radius 3 is 1.86 bits per heavy atom. The predicted octanol–water partition coefficient (Wildman–Crippen LogP) is 7.44. The largest absolute Gasteiger partial charge is 0.497 e. The molecule has 7 heteroatoms. The van der Waals surface area contributed by atoms with E-state index in [0.29, 0.717) is 35.2 Å². The Balaban J connectivity index is 1.66. The molecule has 0 bridgehead atoms. The van der Waals surface area contributed by atoms with Crippen molar-refractivity contribution in [2.75, 3.05) is 40.4 Å². The highest BCUT2D eigenvalue weighted by Crippen LogP contribution is 2.46. The van der Waals surface area contributed by atoms with Gasteiger partial charge in [0.25, 0.3) is 0 Å². The van der Waals surface area contributed by atoms with Gasteiger partial charge in [-0.05, 0) is 71.7 Å². The molecule has 216 valence electrons. The number of fused-ring (bicyclic) bond motifs is 1. The molecule has 0 spiro atoms. The number of ketones is 1. The third-order valence-electron chi connectivity index (χ3n) is 7.49. The van der Waals surface area contributed by atoms with Crippen molar-refractivity contribution in [1.29, 1.82) is 0 Å². The van der Waals surface area contributed by atoms with E-state index in [1.54, 1.807) is 42.5 Å². The third kappa shape index (κ3) is 5.50. The van der Waals surface area contributed by atoms with Gasteiger partial charge in [-0.2, -0.15) is 0 Å². The molecular formula is C35H35NO6. The minimum atomic E-state index is -0.206. The Hall–Kier alpha value is -4.91. The third-order valence-corrected chi connectivity index (χ3v) is 7.49. The van der Waals surface area contributed by atoms with Crippen LogP contribution >= 0.6 is 0 Å². The summed E-state index contributed by atoms with van der Waals surface area (Å²) in [6.45, 7) is 1.64. The van der Waals surface area contributed by atoms with E-state index in [1.165, 1.54) is 0 Å². The van der Waals surface area contributed by atoms with Gasteiger partial charge in [-0.3, -0.25) is 4.79 Å². The van der Waals surface area contributed by atoms with Crippen molar-refractivity contribution in [1.82, 2.24) is 0 Å². The number of hydrogen-bond acceptors (Lipinski definition) is 7. The molecule has 0 aromatic heterocycles. The van der Waals surface area contributed by atoms with Gasteiger partial charge < -0.3 is 28.6 Å². The first-order valence-corrected chi connectivity index (χ1v) is 13.6. The number of Topliss-reactive ketones (excluding diaryl/α,β-unsaturated/α-hetero) is 1. The van der Waals surface area contributed by atoms with Crippen LogP contribution in [0.3, 0.4) is 0 Å². The summed E-state index contributed by atoms with van der Waals surface area (Å²) in [6.07, 6.45) is 2.51. The van der Waals surface area contributed by atoms with Gasteiger partial charge in [0.1, 0.15) is 17.3 Å². The standard InChI is InChI=1S/C35H35NO6/c1-22(37)15-32-30-10-8-7-9-24(30)18-31(26-16-28(38-2)21-29(17-26)39-3)36(32)27-13-11-23(12-14-27)25-19-33(40-4)35(42-6)34(20-25)41-5/h7-14,16-21,32H,15H2,1-6H3. The van der Waals surface area contributed by atoms with Gasteiger partial charge in [-0.1, -0.05) is 36.4 Å². The van der Waals surface area contributed by atoms with Crippen LogP contribution in [0, 0.1) is 0 Å². The first-order chi connectivity index (χ1) is 20.4. The van der Waals surface area contributed by atoms with Crippen molar-refractivity contribution in [3.63, 3.8) is 0 Å². The molecule has 4 aromatic rings. The Labute approximate surface area is 246 Å². The molecule has 0 fully saturated rings. The number of anilines is 1. The SMILES string of the molecule is COc1cc(OC)cc(C2=Cc3ccccc3C(CC(C)=O)N2c2ccc(-c3cc(OC)c(OC)c(OC)c3)cc2)c1. The second-order valence-electron chi connectivity index (χ2n) is 10.0. The average molecular weight is 566 g/mol. The van der Waals surface area contributed by atoms with Gasteiger partial charge in [-0.15, -0.1) is 0 Å². The molecular weight excluding hydrogens is 530 g/mol. The molecule has 1 unspecified atom stereocenters. The fourth-order valence-electron chi connectivity index (χ4n) is 5.50. The molecule has 0 radical (unpaired) electrons. The fourth-order valence-corrected chi connectivity index (χ4v) is 5.50. The van der Waals surface area contributed by atoms with Gasteiger partial charge in [-0.25, -0.2) is 0 Å². The van der Waals surface area contributed by atoms with Crippen LogP contribution in [0.25, 0.3) is 22.9 Å². The minimum absolute atomic E-state index is 0.110. The maximum atomic E-state index is 12.6. The Morgan fingerprint density at radius 1 is 0.690 bits per heavy atom. The van der Waals surface area contributed by atoms with E-state index in [-0.39, 0.29) is 11.8 Å². The van der Waals surface area contributed by atoms with Crippen LogP contribution in [-0.2, 0) is 4.79 Å². The normalized spacial score (nSPS) is 14.0. The molecule has 1 aliphatic heterocycles. The van der Waals surface area contributed by atoms with Crippen molar-refractivity contribution in [3.05, 3.63) is 95.6 Å². The van der Waals surface area contributed by atoms with Crippen LogP contribution < -0.4 is 28.6 Å². The lowest BCUT2D eigenvalue weighted by atomic mass is 9.88. The van der Waals surface area contributed by atoms with Crippen LogP contribution in [0.2, 0.25) is 0 Å². The van der Waals surface area contributed by atoms with Crippen molar-refractivity contribution >= 4 is 23.2 Å². The molecule has 5 rings (SSSR count). The van der Waals surface area contributed by atoms with E-state index in [1.807, 2.05) is 42.5 Å². The van der Waals surface area contributed by atoms with Gasteiger partial charge in [0, 0.05) is 29.4 Å². The summed E-state index contributed by atoms with van der Waals surface area (Å²) in [6, 6.07) is 26.0. The molecule has 0 saturated carbocycles. The van der Waals surface area contributed by atoms with Crippen molar-refractivity contribution in [2.24, 2.45) is 0 Å². The van der Waals surface area contributed by atoms with Crippen molar-refractivity contribution in [2.45, 2.75) is 19.4 Å². The predicted molar refractivity (Wildman–Crippen MR) is 166 cm³/mol. The first-order valence-electron chi connectivity index (χ1n) is 13.6. The van der Waals surface area contributed by atoms with E-state index < -0.39 is 0 Å². The van der Waals surface area contributed by atoms with Crippen LogP contribution in [0.5, 0.6) is 28.7 Å². The molecule has 0 saturated heterocycles. The number of benzene rings is 4. The molecule has 1 atom stereocenters. The van der Waals surface area contributed by atoms with Gasteiger partial charge in [0.15, 0.2) is 11.5 Å². The number of carbonyl (C=O) groups excluding carboxylic acids is 1. The van der Waals surface area contributed by atoms with Crippen molar-refractivity contribution < 1.29 is 28.5 Å². The van der Waals surface area contributed by atoms with Crippen LogP contribution in [-0.4, -0.2) is 41.3 Å². The zero-order chi connectivity index (χ0) is 29.8. The number of hydrogen-bond donors (Lipinski definition) is 0. The number of methoxy groups -OCH3 is 5. The summed E-state index contributed by atoms with van der Waals surface area (Å²) in [4.78, 5) is 14.9. The second-order valence-corrected chi connectivity index (χ2v) is 10.0. The molecule has 1 heterocycles. The minimum Gasteiger partial charge on any atom is -0.497 e. The topological polar surface area (TPSA) is 66.5 Å². The monoisotopic (exact) mass is 565 g/mol. The zero-order valence-electron chi connectivity index (χ0n) is 24.8. The van der Waals surface area contributed by atoms with E-state index in [9.17, 15) is 4.79 Å². The number of rotatable bonds is 10. The molecule has 42 heavy (non-hydrogen) atoms. The lowest BCUT2D eigenvalue weighted by Gasteiger charge is -2.40. The van der Waals surface area contributed by atoms with Gasteiger partial charge in [0.2, 0.25) is 5.75 Å². The van der Waals surface area contributed by atoms with Gasteiger partial charge in [0.05, 0.1) is 41.6 Å². The first kappa shape index (κ1) is 28.6. The smallest absolute Gasteiger partial charge is 0.203 e. The van der Waals surface area contributed by atoms with Crippen molar-refractivity contribution in [3.8, 4) is 39.9 Å². The Bertz CT molecular complexity index is 1580. The summed E-state index contributed by atoms with van der Waals surface area (Å²) >= 11 is 0. The summed E-state index contributed by atoms with van der Waals surface area (Å²) in [5, 5.41) is 0. The average Bonchev–Trinajstić information content (AvgIpc) is 3.03.